The molecule has 16 heavy (non-hydrogen) atoms. The fraction of sp³-hybridized carbons (Fsp3) is 0.417. The fourth-order valence-corrected chi connectivity index (χ4v) is 1.37. The van der Waals surface area contributed by atoms with Crippen molar-refractivity contribution in [2.24, 2.45) is 0 Å². The van der Waals surface area contributed by atoms with Crippen molar-refractivity contribution in [1.82, 2.24) is 5.32 Å². The quantitative estimate of drug-likeness (QED) is 0.825. The highest BCUT2D eigenvalue weighted by molar-refractivity contribution is 5.90. The van der Waals surface area contributed by atoms with Crippen LogP contribution in [0.2, 0.25) is 0 Å². The molecule has 0 heterocycles. The molecule has 1 aromatic carbocycles. The lowest BCUT2D eigenvalue weighted by atomic mass is 10.0. The highest BCUT2D eigenvalue weighted by atomic mass is 16.5. The number of ether oxygens (including phenoxy) is 1. The van der Waals surface area contributed by atoms with Crippen LogP contribution in [0.1, 0.15) is 25.3 Å². The van der Waals surface area contributed by atoms with Crippen molar-refractivity contribution in [2.45, 2.75) is 19.8 Å². The van der Waals surface area contributed by atoms with Gasteiger partial charge in [0.25, 0.3) is 0 Å². The van der Waals surface area contributed by atoms with Gasteiger partial charge >= 0.3 is 6.03 Å². The number of carbonyl (C=O) groups excluding carboxylic acids is 1. The van der Waals surface area contributed by atoms with Gasteiger partial charge in [0.15, 0.2) is 0 Å². The first-order valence-corrected chi connectivity index (χ1v) is 5.25. The number of nitrogens with one attached hydrogen (secondary N) is 2. The maximum absolute atomic E-state index is 11.3. The van der Waals surface area contributed by atoms with Crippen molar-refractivity contribution < 1.29 is 9.53 Å². The Bertz CT molecular complexity index is 375. The van der Waals surface area contributed by atoms with Crippen molar-refractivity contribution >= 4 is 11.7 Å². The molecule has 1 rings (SSSR count). The van der Waals surface area contributed by atoms with Crippen LogP contribution in [0.5, 0.6) is 5.75 Å². The van der Waals surface area contributed by atoms with Gasteiger partial charge < -0.3 is 15.4 Å². The lowest BCUT2D eigenvalue weighted by Crippen LogP contribution is -2.24. The van der Waals surface area contributed by atoms with E-state index in [1.807, 2.05) is 18.2 Å². The Labute approximate surface area is 96.0 Å². The van der Waals surface area contributed by atoms with Crippen molar-refractivity contribution in [3.05, 3.63) is 23.8 Å². The molecule has 0 fully saturated rings. The van der Waals surface area contributed by atoms with Crippen LogP contribution < -0.4 is 15.4 Å². The number of methoxy groups -OCH3 is 1. The van der Waals surface area contributed by atoms with E-state index in [4.69, 9.17) is 4.74 Å². The number of hydrogen-bond acceptors (Lipinski definition) is 2. The Kier molecular flexibility index (Phi) is 4.17. The molecule has 0 radical (unpaired) electrons. The van der Waals surface area contributed by atoms with E-state index in [0.717, 1.165) is 5.56 Å². The lowest BCUT2D eigenvalue weighted by molar-refractivity contribution is 0.254. The van der Waals surface area contributed by atoms with Crippen LogP contribution in [-0.2, 0) is 0 Å². The van der Waals surface area contributed by atoms with E-state index in [1.54, 1.807) is 14.2 Å². The van der Waals surface area contributed by atoms with Crippen molar-refractivity contribution in [3.8, 4) is 5.75 Å². The fourth-order valence-electron chi connectivity index (χ4n) is 1.37. The third-order valence-electron chi connectivity index (χ3n) is 2.37. The van der Waals surface area contributed by atoms with Gasteiger partial charge in [-0.15, -0.1) is 0 Å². The largest absolute Gasteiger partial charge is 0.495 e. The summed E-state index contributed by atoms with van der Waals surface area (Å²) >= 11 is 0. The minimum absolute atomic E-state index is 0.251. The van der Waals surface area contributed by atoms with E-state index in [1.165, 1.54) is 0 Å². The summed E-state index contributed by atoms with van der Waals surface area (Å²) in [5.41, 5.74) is 1.85. The molecular formula is C12H18N2O2. The van der Waals surface area contributed by atoms with Crippen LogP contribution in [0.3, 0.4) is 0 Å². The molecule has 0 aliphatic rings. The molecule has 4 heteroatoms. The topological polar surface area (TPSA) is 50.4 Å². The average Bonchev–Trinajstić information content (AvgIpc) is 2.28. The van der Waals surface area contributed by atoms with Gasteiger partial charge in [0.2, 0.25) is 0 Å². The van der Waals surface area contributed by atoms with Gasteiger partial charge in [-0.2, -0.15) is 0 Å². The summed E-state index contributed by atoms with van der Waals surface area (Å²) in [4.78, 5) is 11.3. The van der Waals surface area contributed by atoms with Crippen molar-refractivity contribution in [2.75, 3.05) is 19.5 Å². The third-order valence-corrected chi connectivity index (χ3v) is 2.37. The molecule has 0 saturated carbocycles. The normalized spacial score (nSPS) is 10.1. The molecule has 0 saturated heterocycles. The monoisotopic (exact) mass is 222 g/mol. The van der Waals surface area contributed by atoms with Gasteiger partial charge in [0.1, 0.15) is 5.75 Å². The average molecular weight is 222 g/mol. The first kappa shape index (κ1) is 12.4. The summed E-state index contributed by atoms with van der Waals surface area (Å²) < 4.78 is 5.18. The highest BCUT2D eigenvalue weighted by Crippen LogP contribution is 2.28. The van der Waals surface area contributed by atoms with Crippen LogP contribution in [0, 0.1) is 0 Å². The molecule has 0 aromatic heterocycles. The van der Waals surface area contributed by atoms with Crippen molar-refractivity contribution in [3.63, 3.8) is 0 Å². The molecule has 88 valence electrons. The number of benzene rings is 1. The zero-order valence-electron chi connectivity index (χ0n) is 10.1. The number of amides is 2. The van der Waals surface area contributed by atoms with Crippen LogP contribution in [0.25, 0.3) is 0 Å². The lowest BCUT2D eigenvalue weighted by Gasteiger charge is -2.13. The summed E-state index contributed by atoms with van der Waals surface area (Å²) in [6.45, 7) is 4.21. The van der Waals surface area contributed by atoms with E-state index in [9.17, 15) is 4.79 Å². The number of rotatable bonds is 3. The summed E-state index contributed by atoms with van der Waals surface area (Å²) in [7, 11) is 3.16. The second-order valence-electron chi connectivity index (χ2n) is 3.82. The predicted octanol–water partition coefficient (Wildman–Crippen LogP) is 2.57. The van der Waals surface area contributed by atoms with Crippen LogP contribution in [0.15, 0.2) is 18.2 Å². The molecule has 0 atom stereocenters. The second-order valence-corrected chi connectivity index (χ2v) is 3.82. The van der Waals surface area contributed by atoms with E-state index in [0.29, 0.717) is 17.4 Å². The summed E-state index contributed by atoms with van der Waals surface area (Å²) in [5.74, 6) is 1.07. The van der Waals surface area contributed by atoms with Crippen LogP contribution in [-0.4, -0.2) is 20.2 Å². The molecule has 0 spiro atoms. The smallest absolute Gasteiger partial charge is 0.319 e. The van der Waals surface area contributed by atoms with E-state index >= 15 is 0 Å². The zero-order chi connectivity index (χ0) is 12.1. The molecule has 0 aliphatic carbocycles. The second kappa shape index (κ2) is 5.39. The summed E-state index contributed by atoms with van der Waals surface area (Å²) in [6, 6.07) is 5.54. The number of urea groups is 1. The van der Waals surface area contributed by atoms with Crippen molar-refractivity contribution in [1.29, 1.82) is 0 Å². The molecule has 0 bridgehead atoms. The molecule has 1 aromatic rings. The summed E-state index contributed by atoms with van der Waals surface area (Å²) in [5, 5.41) is 5.24. The number of carbonyl (C=O) groups is 1. The van der Waals surface area contributed by atoms with Crippen LogP contribution >= 0.6 is 0 Å². The predicted molar refractivity (Wildman–Crippen MR) is 65.2 cm³/mol. The molecule has 2 N–H and O–H groups in total. The Morgan fingerprint density at radius 3 is 2.56 bits per heavy atom. The van der Waals surface area contributed by atoms with Gasteiger partial charge in [-0.3, -0.25) is 0 Å². The Hall–Kier alpha value is -1.71. The van der Waals surface area contributed by atoms with Crippen LogP contribution in [0.4, 0.5) is 10.5 Å². The van der Waals surface area contributed by atoms with Gasteiger partial charge in [-0.1, -0.05) is 19.9 Å². The number of anilines is 1. The minimum atomic E-state index is -0.251. The Morgan fingerprint density at radius 2 is 2.06 bits per heavy atom. The maximum Gasteiger partial charge on any atom is 0.319 e. The minimum Gasteiger partial charge on any atom is -0.495 e. The first-order valence-electron chi connectivity index (χ1n) is 5.25. The Morgan fingerprint density at radius 1 is 1.38 bits per heavy atom. The molecular weight excluding hydrogens is 204 g/mol. The first-order chi connectivity index (χ1) is 7.58. The SMILES string of the molecule is CNC(=O)Nc1cc(C(C)C)ccc1OC. The zero-order valence-corrected chi connectivity index (χ0v) is 10.1. The third kappa shape index (κ3) is 2.89. The van der Waals surface area contributed by atoms with E-state index in [2.05, 4.69) is 24.5 Å². The van der Waals surface area contributed by atoms with Gasteiger partial charge in [0, 0.05) is 7.05 Å². The molecule has 0 unspecified atom stereocenters. The number of hydrogen-bond donors (Lipinski definition) is 2. The highest BCUT2D eigenvalue weighted by Gasteiger charge is 2.08. The van der Waals surface area contributed by atoms with E-state index in [-0.39, 0.29) is 6.03 Å². The molecule has 4 nitrogen and oxygen atoms in total. The molecule has 0 aliphatic heterocycles. The summed E-state index contributed by atoms with van der Waals surface area (Å²) in [6.07, 6.45) is 0. The standard InChI is InChI=1S/C12H18N2O2/c1-8(2)9-5-6-11(16-4)10(7-9)14-12(15)13-3/h5-8H,1-4H3,(H2,13,14,15). The van der Waals surface area contributed by atoms with Gasteiger partial charge in [-0.05, 0) is 23.6 Å². The maximum atomic E-state index is 11.3. The van der Waals surface area contributed by atoms with Gasteiger partial charge in [-0.25, -0.2) is 4.79 Å². The molecule has 2 amide bonds. The van der Waals surface area contributed by atoms with Gasteiger partial charge in [0.05, 0.1) is 12.8 Å². The Balaban J connectivity index is 3.02. The van der Waals surface area contributed by atoms with E-state index < -0.39 is 0 Å².